The number of carbonyl (C=O) groups excluding carboxylic acids is 1. The van der Waals surface area contributed by atoms with Crippen LogP contribution in [-0.2, 0) is 11.2 Å². The summed E-state index contributed by atoms with van der Waals surface area (Å²) in [6, 6.07) is 5.32. The zero-order valence-electron chi connectivity index (χ0n) is 9.48. The third kappa shape index (κ3) is 3.98. The minimum absolute atomic E-state index is 0.192. The number of nitrogens with zero attached hydrogens (tertiary/aromatic N) is 1. The highest BCUT2D eigenvalue weighted by atomic mass is 16.5. The number of aryl methyl sites for hydroxylation is 1. The van der Waals surface area contributed by atoms with E-state index in [-0.39, 0.29) is 12.6 Å². The monoisotopic (exact) mass is 223 g/mol. The van der Waals surface area contributed by atoms with Gasteiger partial charge in [-0.05, 0) is 38.3 Å². The molecule has 1 aromatic heterocycles. The molecular weight excluding hydrogens is 206 g/mol. The van der Waals surface area contributed by atoms with Crippen molar-refractivity contribution in [2.24, 2.45) is 0 Å². The zero-order chi connectivity index (χ0) is 11.8. The third-order valence-electron chi connectivity index (χ3n) is 2.13. The Labute approximate surface area is 95.3 Å². The first kappa shape index (κ1) is 12.6. The molecule has 0 aliphatic rings. The van der Waals surface area contributed by atoms with Crippen LogP contribution in [0.1, 0.15) is 35.9 Å². The average Bonchev–Trinajstić information content (AvgIpc) is 2.30. The molecule has 0 bridgehead atoms. The number of hydrogen-bond acceptors (Lipinski definition) is 4. The van der Waals surface area contributed by atoms with E-state index in [4.69, 9.17) is 9.84 Å². The fourth-order valence-corrected chi connectivity index (χ4v) is 1.36. The van der Waals surface area contributed by atoms with Crippen molar-refractivity contribution >= 4 is 5.97 Å². The molecule has 88 valence electrons. The van der Waals surface area contributed by atoms with E-state index in [1.807, 2.05) is 6.07 Å². The van der Waals surface area contributed by atoms with Gasteiger partial charge in [0.1, 0.15) is 5.69 Å². The number of pyridine rings is 1. The van der Waals surface area contributed by atoms with Crippen LogP contribution >= 0.6 is 0 Å². The van der Waals surface area contributed by atoms with Crippen molar-refractivity contribution in [3.05, 3.63) is 29.6 Å². The molecule has 0 amide bonds. The van der Waals surface area contributed by atoms with E-state index in [1.165, 1.54) is 0 Å². The molecule has 0 radical (unpaired) electrons. The van der Waals surface area contributed by atoms with Gasteiger partial charge in [0.15, 0.2) is 0 Å². The van der Waals surface area contributed by atoms with Crippen LogP contribution in [0.15, 0.2) is 18.2 Å². The Hall–Kier alpha value is -1.42. The van der Waals surface area contributed by atoms with Gasteiger partial charge in [0, 0.05) is 12.3 Å². The Bertz CT molecular complexity index is 339. The summed E-state index contributed by atoms with van der Waals surface area (Å²) in [7, 11) is 0. The Kier molecular flexibility index (Phi) is 5.50. The van der Waals surface area contributed by atoms with Gasteiger partial charge in [0.2, 0.25) is 0 Å². The number of aliphatic hydroxyl groups is 1. The summed E-state index contributed by atoms with van der Waals surface area (Å²) in [5.74, 6) is -0.383. The van der Waals surface area contributed by atoms with Crippen molar-refractivity contribution in [3.63, 3.8) is 0 Å². The van der Waals surface area contributed by atoms with Crippen LogP contribution in [0.4, 0.5) is 0 Å². The lowest BCUT2D eigenvalue weighted by atomic mass is 10.2. The Balaban J connectivity index is 2.60. The molecule has 0 unspecified atom stereocenters. The van der Waals surface area contributed by atoms with E-state index in [0.717, 1.165) is 25.0 Å². The first-order valence-electron chi connectivity index (χ1n) is 5.52. The molecule has 4 heteroatoms. The number of aliphatic hydroxyl groups excluding tert-OH is 1. The second-order valence-corrected chi connectivity index (χ2v) is 3.42. The molecule has 1 rings (SSSR count). The molecule has 0 aliphatic carbocycles. The third-order valence-corrected chi connectivity index (χ3v) is 2.13. The molecule has 0 spiro atoms. The topological polar surface area (TPSA) is 59.4 Å². The van der Waals surface area contributed by atoms with Gasteiger partial charge < -0.3 is 9.84 Å². The van der Waals surface area contributed by atoms with Gasteiger partial charge in [-0.15, -0.1) is 0 Å². The first-order valence-corrected chi connectivity index (χ1v) is 5.52. The summed E-state index contributed by atoms with van der Waals surface area (Å²) >= 11 is 0. The minimum atomic E-state index is -0.383. The van der Waals surface area contributed by atoms with Gasteiger partial charge in [-0.1, -0.05) is 6.07 Å². The van der Waals surface area contributed by atoms with Gasteiger partial charge in [0.25, 0.3) is 0 Å². The molecule has 0 atom stereocenters. The summed E-state index contributed by atoms with van der Waals surface area (Å²) in [5.41, 5.74) is 1.21. The normalized spacial score (nSPS) is 10.1. The maximum absolute atomic E-state index is 11.4. The molecule has 16 heavy (non-hydrogen) atoms. The fourth-order valence-electron chi connectivity index (χ4n) is 1.36. The molecule has 0 aliphatic heterocycles. The summed E-state index contributed by atoms with van der Waals surface area (Å²) in [6.07, 6.45) is 2.40. The summed E-state index contributed by atoms with van der Waals surface area (Å²) in [6.45, 7) is 2.32. The Morgan fingerprint density at radius 2 is 2.25 bits per heavy atom. The minimum Gasteiger partial charge on any atom is -0.461 e. The van der Waals surface area contributed by atoms with Crippen LogP contribution in [0, 0.1) is 0 Å². The number of rotatable bonds is 6. The molecule has 0 aromatic carbocycles. The van der Waals surface area contributed by atoms with Crippen molar-refractivity contribution in [2.75, 3.05) is 13.2 Å². The lowest BCUT2D eigenvalue weighted by molar-refractivity contribution is 0.0519. The largest absolute Gasteiger partial charge is 0.461 e. The number of hydrogen-bond donors (Lipinski definition) is 1. The van der Waals surface area contributed by atoms with Crippen molar-refractivity contribution in [1.29, 1.82) is 0 Å². The van der Waals surface area contributed by atoms with Crippen molar-refractivity contribution in [1.82, 2.24) is 4.98 Å². The average molecular weight is 223 g/mol. The molecule has 0 saturated heterocycles. The molecule has 1 heterocycles. The first-order chi connectivity index (χ1) is 7.77. The van der Waals surface area contributed by atoms with E-state index in [9.17, 15) is 4.79 Å². The number of ether oxygens (including phenoxy) is 1. The zero-order valence-corrected chi connectivity index (χ0v) is 9.48. The number of unbranched alkanes of at least 4 members (excludes halogenated alkanes) is 1. The second kappa shape index (κ2) is 6.95. The highest BCUT2D eigenvalue weighted by Crippen LogP contribution is 2.05. The van der Waals surface area contributed by atoms with Gasteiger partial charge in [-0.25, -0.2) is 9.78 Å². The van der Waals surface area contributed by atoms with Crippen molar-refractivity contribution in [2.45, 2.75) is 26.2 Å². The molecule has 0 saturated carbocycles. The predicted molar refractivity (Wildman–Crippen MR) is 60.2 cm³/mol. The van der Waals surface area contributed by atoms with E-state index in [0.29, 0.717) is 12.3 Å². The second-order valence-electron chi connectivity index (χ2n) is 3.42. The van der Waals surface area contributed by atoms with Gasteiger partial charge in [-0.2, -0.15) is 0 Å². The van der Waals surface area contributed by atoms with E-state index < -0.39 is 0 Å². The highest BCUT2D eigenvalue weighted by molar-refractivity contribution is 5.87. The highest BCUT2D eigenvalue weighted by Gasteiger charge is 2.08. The standard InChI is InChI=1S/C12H17NO3/c1-2-16-12(15)11-8-5-7-10(13-11)6-3-4-9-14/h5,7-8,14H,2-4,6,9H2,1H3. The number of carbonyl (C=O) groups is 1. The maximum atomic E-state index is 11.4. The van der Waals surface area contributed by atoms with Crippen LogP contribution in [0.25, 0.3) is 0 Å². The maximum Gasteiger partial charge on any atom is 0.356 e. The Morgan fingerprint density at radius 1 is 1.44 bits per heavy atom. The molecule has 1 aromatic rings. The molecular formula is C12H17NO3. The fraction of sp³-hybridized carbons (Fsp3) is 0.500. The molecule has 1 N–H and O–H groups in total. The van der Waals surface area contributed by atoms with E-state index in [2.05, 4.69) is 4.98 Å². The molecule has 0 fully saturated rings. The predicted octanol–water partition coefficient (Wildman–Crippen LogP) is 1.57. The summed E-state index contributed by atoms with van der Waals surface area (Å²) in [4.78, 5) is 15.6. The molecule has 4 nitrogen and oxygen atoms in total. The number of aromatic nitrogens is 1. The SMILES string of the molecule is CCOC(=O)c1cccc(CCCCO)n1. The van der Waals surface area contributed by atoms with Crippen molar-refractivity contribution in [3.8, 4) is 0 Å². The van der Waals surface area contributed by atoms with Gasteiger partial charge in [0.05, 0.1) is 6.61 Å². The summed E-state index contributed by atoms with van der Waals surface area (Å²) < 4.78 is 4.87. The van der Waals surface area contributed by atoms with Crippen molar-refractivity contribution < 1.29 is 14.6 Å². The lowest BCUT2D eigenvalue weighted by Gasteiger charge is -2.03. The van der Waals surface area contributed by atoms with E-state index in [1.54, 1.807) is 19.1 Å². The van der Waals surface area contributed by atoms with Crippen LogP contribution in [0.5, 0.6) is 0 Å². The smallest absolute Gasteiger partial charge is 0.356 e. The van der Waals surface area contributed by atoms with Crippen LogP contribution in [0.2, 0.25) is 0 Å². The van der Waals surface area contributed by atoms with Crippen LogP contribution in [-0.4, -0.2) is 29.3 Å². The van der Waals surface area contributed by atoms with Gasteiger partial charge >= 0.3 is 5.97 Å². The van der Waals surface area contributed by atoms with Gasteiger partial charge in [-0.3, -0.25) is 0 Å². The Morgan fingerprint density at radius 3 is 2.94 bits per heavy atom. The van der Waals surface area contributed by atoms with Crippen LogP contribution in [0.3, 0.4) is 0 Å². The summed E-state index contributed by atoms with van der Waals surface area (Å²) in [5, 5.41) is 8.66. The number of esters is 1. The quantitative estimate of drug-likeness (QED) is 0.587. The van der Waals surface area contributed by atoms with E-state index >= 15 is 0 Å². The lowest BCUT2D eigenvalue weighted by Crippen LogP contribution is -2.08. The van der Waals surface area contributed by atoms with Crippen LogP contribution < -0.4 is 0 Å².